The number of anilines is 1. The summed E-state index contributed by atoms with van der Waals surface area (Å²) in [6, 6.07) is 12.9. The van der Waals surface area contributed by atoms with Crippen molar-refractivity contribution in [3.05, 3.63) is 70.5 Å². The summed E-state index contributed by atoms with van der Waals surface area (Å²) in [7, 11) is 1.57. The van der Waals surface area contributed by atoms with Gasteiger partial charge in [0.2, 0.25) is 0 Å². The minimum absolute atomic E-state index is 0.241. The maximum atomic E-state index is 12.7. The maximum absolute atomic E-state index is 12.7. The van der Waals surface area contributed by atoms with Crippen molar-refractivity contribution >= 4 is 23.2 Å². The minimum atomic E-state index is -0.241. The van der Waals surface area contributed by atoms with Gasteiger partial charge in [-0.2, -0.15) is 5.10 Å². The zero-order valence-corrected chi connectivity index (χ0v) is 15.0. The van der Waals surface area contributed by atoms with Crippen LogP contribution in [0.5, 0.6) is 5.75 Å². The second-order valence-electron chi connectivity index (χ2n) is 5.69. The first-order valence-electron chi connectivity index (χ1n) is 7.76. The van der Waals surface area contributed by atoms with E-state index in [9.17, 15) is 4.79 Å². The summed E-state index contributed by atoms with van der Waals surface area (Å²) in [6.45, 7) is 3.80. The summed E-state index contributed by atoms with van der Waals surface area (Å²) in [5, 5.41) is 7.82. The van der Waals surface area contributed by atoms with E-state index in [-0.39, 0.29) is 5.91 Å². The Morgan fingerprint density at radius 2 is 2.00 bits per heavy atom. The van der Waals surface area contributed by atoms with E-state index in [1.165, 1.54) is 0 Å². The van der Waals surface area contributed by atoms with Gasteiger partial charge in [0.1, 0.15) is 5.75 Å². The van der Waals surface area contributed by atoms with Crippen molar-refractivity contribution in [2.45, 2.75) is 13.8 Å². The van der Waals surface area contributed by atoms with Crippen molar-refractivity contribution in [3.63, 3.8) is 0 Å². The van der Waals surface area contributed by atoms with Gasteiger partial charge in [0.05, 0.1) is 35.9 Å². The Bertz CT molecular complexity index is 934. The quantitative estimate of drug-likeness (QED) is 0.754. The molecule has 1 N–H and O–H groups in total. The average molecular weight is 356 g/mol. The monoisotopic (exact) mass is 355 g/mol. The highest BCUT2D eigenvalue weighted by Gasteiger charge is 2.17. The highest BCUT2D eigenvalue weighted by molar-refractivity contribution is 6.30. The number of methoxy groups -OCH3 is 1. The number of hydrogen-bond acceptors (Lipinski definition) is 3. The van der Waals surface area contributed by atoms with Crippen LogP contribution in [-0.4, -0.2) is 22.8 Å². The van der Waals surface area contributed by atoms with Gasteiger partial charge >= 0.3 is 0 Å². The van der Waals surface area contributed by atoms with Crippen LogP contribution in [-0.2, 0) is 0 Å². The lowest BCUT2D eigenvalue weighted by molar-refractivity contribution is 0.102. The fourth-order valence-electron chi connectivity index (χ4n) is 2.61. The van der Waals surface area contributed by atoms with E-state index in [0.717, 1.165) is 16.9 Å². The fraction of sp³-hybridized carbons (Fsp3) is 0.158. The molecule has 3 aromatic rings. The Labute approximate surface area is 151 Å². The van der Waals surface area contributed by atoms with Crippen molar-refractivity contribution in [2.24, 2.45) is 0 Å². The SMILES string of the molecule is COc1ccc(C)cc1NC(=O)c1cnn(-c2cccc(Cl)c2)c1C. The lowest BCUT2D eigenvalue weighted by Crippen LogP contribution is -2.14. The van der Waals surface area contributed by atoms with Gasteiger partial charge in [-0.05, 0) is 49.7 Å². The van der Waals surface area contributed by atoms with E-state index in [2.05, 4.69) is 10.4 Å². The van der Waals surface area contributed by atoms with Gasteiger partial charge in [-0.1, -0.05) is 23.7 Å². The van der Waals surface area contributed by atoms with Crippen LogP contribution in [0.15, 0.2) is 48.7 Å². The number of halogens is 1. The Kier molecular flexibility index (Phi) is 4.76. The molecule has 0 aliphatic rings. The van der Waals surface area contributed by atoms with E-state index in [0.29, 0.717) is 22.0 Å². The second-order valence-corrected chi connectivity index (χ2v) is 6.13. The van der Waals surface area contributed by atoms with Crippen molar-refractivity contribution in [3.8, 4) is 11.4 Å². The van der Waals surface area contributed by atoms with Gasteiger partial charge in [-0.3, -0.25) is 4.79 Å². The van der Waals surface area contributed by atoms with Gasteiger partial charge in [-0.15, -0.1) is 0 Å². The average Bonchev–Trinajstić information content (AvgIpc) is 2.97. The molecular formula is C19H18ClN3O2. The number of aromatic nitrogens is 2. The first-order chi connectivity index (χ1) is 12.0. The van der Waals surface area contributed by atoms with Crippen LogP contribution < -0.4 is 10.1 Å². The number of benzene rings is 2. The molecule has 0 atom stereocenters. The number of aryl methyl sites for hydroxylation is 1. The van der Waals surface area contributed by atoms with Gasteiger partial charge in [0.15, 0.2) is 0 Å². The Balaban J connectivity index is 1.91. The third kappa shape index (κ3) is 3.51. The Morgan fingerprint density at radius 1 is 1.20 bits per heavy atom. The van der Waals surface area contributed by atoms with E-state index < -0.39 is 0 Å². The summed E-state index contributed by atoms with van der Waals surface area (Å²) in [4.78, 5) is 12.7. The standard InChI is InChI=1S/C19H18ClN3O2/c1-12-7-8-18(25-3)17(9-12)22-19(24)16-11-21-23(13(16)2)15-6-4-5-14(20)10-15/h4-11H,1-3H3,(H,22,24). The molecule has 0 bridgehead atoms. The zero-order chi connectivity index (χ0) is 18.0. The molecule has 6 heteroatoms. The van der Waals surface area contributed by atoms with E-state index in [4.69, 9.17) is 16.3 Å². The number of nitrogens with zero attached hydrogens (tertiary/aromatic N) is 2. The summed E-state index contributed by atoms with van der Waals surface area (Å²) < 4.78 is 6.99. The minimum Gasteiger partial charge on any atom is -0.495 e. The van der Waals surface area contributed by atoms with Crippen LogP contribution in [0.3, 0.4) is 0 Å². The lowest BCUT2D eigenvalue weighted by atomic mass is 10.2. The third-order valence-electron chi connectivity index (χ3n) is 3.91. The number of carbonyl (C=O) groups excluding carboxylic acids is 1. The molecular weight excluding hydrogens is 338 g/mol. The van der Waals surface area contributed by atoms with Crippen LogP contribution in [0.25, 0.3) is 5.69 Å². The van der Waals surface area contributed by atoms with Crippen molar-refractivity contribution in [2.75, 3.05) is 12.4 Å². The van der Waals surface area contributed by atoms with Crippen LogP contribution >= 0.6 is 11.6 Å². The molecule has 0 saturated carbocycles. The summed E-state index contributed by atoms with van der Waals surface area (Å²) >= 11 is 6.04. The molecule has 128 valence electrons. The second kappa shape index (κ2) is 6.99. The molecule has 0 unspecified atom stereocenters. The summed E-state index contributed by atoms with van der Waals surface area (Å²) in [5.74, 6) is 0.369. The molecule has 3 rings (SSSR count). The first kappa shape index (κ1) is 17.0. The Morgan fingerprint density at radius 3 is 2.72 bits per heavy atom. The molecule has 0 spiro atoms. The highest BCUT2D eigenvalue weighted by atomic mass is 35.5. The zero-order valence-electron chi connectivity index (χ0n) is 14.2. The number of carbonyl (C=O) groups is 1. The molecule has 1 aromatic heterocycles. The van der Waals surface area contributed by atoms with Crippen molar-refractivity contribution in [1.29, 1.82) is 0 Å². The van der Waals surface area contributed by atoms with Crippen LogP contribution in [0, 0.1) is 13.8 Å². The Hall–Kier alpha value is -2.79. The molecule has 2 aromatic carbocycles. The highest BCUT2D eigenvalue weighted by Crippen LogP contribution is 2.26. The van der Waals surface area contributed by atoms with Gasteiger partial charge < -0.3 is 10.1 Å². The number of ether oxygens (including phenoxy) is 1. The normalized spacial score (nSPS) is 10.6. The summed E-state index contributed by atoms with van der Waals surface area (Å²) in [6.07, 6.45) is 1.55. The number of rotatable bonds is 4. The molecule has 25 heavy (non-hydrogen) atoms. The third-order valence-corrected chi connectivity index (χ3v) is 4.15. The van der Waals surface area contributed by atoms with E-state index >= 15 is 0 Å². The largest absolute Gasteiger partial charge is 0.495 e. The van der Waals surface area contributed by atoms with E-state index in [1.54, 1.807) is 30.1 Å². The molecule has 0 aliphatic carbocycles. The van der Waals surface area contributed by atoms with Gasteiger partial charge in [0, 0.05) is 5.02 Å². The number of hydrogen-bond donors (Lipinski definition) is 1. The van der Waals surface area contributed by atoms with Crippen molar-refractivity contribution in [1.82, 2.24) is 9.78 Å². The smallest absolute Gasteiger partial charge is 0.259 e. The number of nitrogens with one attached hydrogen (secondary N) is 1. The van der Waals surface area contributed by atoms with Crippen LogP contribution in [0.2, 0.25) is 5.02 Å². The van der Waals surface area contributed by atoms with E-state index in [1.807, 2.05) is 44.2 Å². The van der Waals surface area contributed by atoms with Gasteiger partial charge in [-0.25, -0.2) is 4.68 Å². The molecule has 1 heterocycles. The first-order valence-corrected chi connectivity index (χ1v) is 8.14. The molecule has 0 radical (unpaired) electrons. The summed E-state index contributed by atoms with van der Waals surface area (Å²) in [5.41, 5.74) is 3.68. The van der Waals surface area contributed by atoms with Crippen LogP contribution in [0.1, 0.15) is 21.6 Å². The van der Waals surface area contributed by atoms with Crippen LogP contribution in [0.4, 0.5) is 5.69 Å². The molecule has 5 nitrogen and oxygen atoms in total. The van der Waals surface area contributed by atoms with Gasteiger partial charge in [0.25, 0.3) is 5.91 Å². The molecule has 0 saturated heterocycles. The fourth-order valence-corrected chi connectivity index (χ4v) is 2.79. The molecule has 0 aliphatic heterocycles. The predicted molar refractivity (Wildman–Crippen MR) is 99.0 cm³/mol. The predicted octanol–water partition coefficient (Wildman–Crippen LogP) is 4.40. The van der Waals surface area contributed by atoms with Crippen molar-refractivity contribution < 1.29 is 9.53 Å². The lowest BCUT2D eigenvalue weighted by Gasteiger charge is -2.11. The molecule has 1 amide bonds. The number of amides is 1. The molecule has 0 fully saturated rings. The topological polar surface area (TPSA) is 56.1 Å². The maximum Gasteiger partial charge on any atom is 0.259 e.